The van der Waals surface area contributed by atoms with Crippen molar-refractivity contribution in [1.29, 1.82) is 0 Å². The van der Waals surface area contributed by atoms with Crippen molar-refractivity contribution in [3.8, 4) is 0 Å². The van der Waals surface area contributed by atoms with Gasteiger partial charge in [-0.3, -0.25) is 0 Å². The Kier molecular flexibility index (Phi) is 3.44. The number of nitrogens with zero attached hydrogens (tertiary/aromatic N) is 2. The molecule has 0 radical (unpaired) electrons. The zero-order chi connectivity index (χ0) is 13.4. The summed E-state index contributed by atoms with van der Waals surface area (Å²) in [5.41, 5.74) is 4.48. The third kappa shape index (κ3) is 2.59. The van der Waals surface area contributed by atoms with Crippen molar-refractivity contribution in [2.45, 2.75) is 26.4 Å². The maximum absolute atomic E-state index is 6.02. The summed E-state index contributed by atoms with van der Waals surface area (Å²) in [4.78, 5) is 9.18. The summed E-state index contributed by atoms with van der Waals surface area (Å²) in [7, 11) is 0. The molecule has 0 unspecified atom stereocenters. The lowest BCUT2D eigenvalue weighted by atomic mass is 10.1. The molecule has 2 heterocycles. The van der Waals surface area contributed by atoms with Gasteiger partial charge in [0.15, 0.2) is 0 Å². The van der Waals surface area contributed by atoms with E-state index in [4.69, 9.17) is 23.2 Å². The monoisotopic (exact) mass is 293 g/mol. The fourth-order valence-corrected chi connectivity index (χ4v) is 2.63. The van der Waals surface area contributed by atoms with E-state index in [1.54, 1.807) is 6.07 Å². The Hall–Kier alpha value is -1.16. The minimum atomic E-state index is 0.568. The van der Waals surface area contributed by atoms with E-state index in [-0.39, 0.29) is 0 Å². The quantitative estimate of drug-likeness (QED) is 0.923. The zero-order valence-electron chi connectivity index (χ0n) is 10.5. The maximum atomic E-state index is 6.02. The van der Waals surface area contributed by atoms with E-state index in [1.165, 1.54) is 5.56 Å². The lowest BCUT2D eigenvalue weighted by Crippen LogP contribution is -2.04. The molecular weight excluding hydrogens is 281 g/mol. The van der Waals surface area contributed by atoms with Gasteiger partial charge < -0.3 is 5.32 Å². The van der Waals surface area contributed by atoms with Crippen LogP contribution in [0, 0.1) is 6.92 Å². The van der Waals surface area contributed by atoms with E-state index < -0.39 is 0 Å². The van der Waals surface area contributed by atoms with Crippen LogP contribution in [0.5, 0.6) is 0 Å². The number of nitrogens with one attached hydrogen (secondary N) is 1. The van der Waals surface area contributed by atoms with Crippen LogP contribution in [0.2, 0.25) is 10.0 Å². The maximum Gasteiger partial charge on any atom is 0.133 e. The highest BCUT2D eigenvalue weighted by Gasteiger charge is 2.16. The van der Waals surface area contributed by atoms with Crippen molar-refractivity contribution < 1.29 is 0 Å². The van der Waals surface area contributed by atoms with Crippen LogP contribution in [0.3, 0.4) is 0 Å². The third-order valence-electron chi connectivity index (χ3n) is 3.29. The van der Waals surface area contributed by atoms with E-state index in [2.05, 4.69) is 15.3 Å². The highest BCUT2D eigenvalue weighted by atomic mass is 35.5. The van der Waals surface area contributed by atoms with Gasteiger partial charge in [0.1, 0.15) is 5.82 Å². The summed E-state index contributed by atoms with van der Waals surface area (Å²) in [6.07, 6.45) is 0.672. The fourth-order valence-electron chi connectivity index (χ4n) is 2.31. The Morgan fingerprint density at radius 1 is 1.16 bits per heavy atom. The average molecular weight is 294 g/mol. The molecule has 0 atom stereocenters. The van der Waals surface area contributed by atoms with Crippen LogP contribution in [0.15, 0.2) is 18.2 Å². The Morgan fingerprint density at radius 2 is 2.00 bits per heavy atom. The molecule has 3 nitrogen and oxygen atoms in total. The molecule has 0 aliphatic carbocycles. The molecule has 0 amide bonds. The second-order valence-corrected chi connectivity index (χ2v) is 5.49. The molecule has 1 aliphatic heterocycles. The predicted octanol–water partition coefficient (Wildman–Crippen LogP) is 3.29. The Bertz CT molecular complexity index is 641. The number of hydrogen-bond donors (Lipinski definition) is 1. The third-order valence-corrected chi connectivity index (χ3v) is 4.03. The highest BCUT2D eigenvalue weighted by molar-refractivity contribution is 6.42. The van der Waals surface area contributed by atoms with Gasteiger partial charge in [-0.05, 0) is 24.6 Å². The summed E-state index contributed by atoms with van der Waals surface area (Å²) in [5.74, 6) is 0.832. The molecule has 0 bridgehead atoms. The molecule has 1 aromatic heterocycles. The van der Waals surface area contributed by atoms with Crippen molar-refractivity contribution >= 4 is 23.2 Å². The molecule has 3 rings (SSSR count). The van der Waals surface area contributed by atoms with Crippen LogP contribution in [0.4, 0.5) is 0 Å². The lowest BCUT2D eigenvalue weighted by Gasteiger charge is -2.07. The van der Waals surface area contributed by atoms with Gasteiger partial charge in [0.05, 0.1) is 15.7 Å². The number of rotatable bonds is 2. The molecule has 1 aromatic carbocycles. The second-order valence-electron chi connectivity index (χ2n) is 4.68. The zero-order valence-corrected chi connectivity index (χ0v) is 12.0. The second kappa shape index (κ2) is 5.08. The minimum absolute atomic E-state index is 0.568. The number of fused-ring (bicyclic) bond motifs is 1. The molecule has 2 aromatic rings. The first-order chi connectivity index (χ1) is 9.13. The van der Waals surface area contributed by atoms with Gasteiger partial charge in [0, 0.05) is 30.8 Å². The summed E-state index contributed by atoms with van der Waals surface area (Å²) in [6.45, 7) is 3.73. The van der Waals surface area contributed by atoms with Crippen molar-refractivity contribution in [3.63, 3.8) is 0 Å². The topological polar surface area (TPSA) is 37.8 Å². The standard InChI is InChI=1S/C14H13Cl2N3/c1-8-10-6-17-7-13(10)19-14(18-8)5-9-2-3-11(15)12(16)4-9/h2-4,17H,5-7H2,1H3. The summed E-state index contributed by atoms with van der Waals surface area (Å²) < 4.78 is 0. The largest absolute Gasteiger partial charge is 0.307 e. The number of halogens is 2. The van der Waals surface area contributed by atoms with Crippen molar-refractivity contribution in [3.05, 3.63) is 56.6 Å². The van der Waals surface area contributed by atoms with Crippen LogP contribution >= 0.6 is 23.2 Å². The van der Waals surface area contributed by atoms with Gasteiger partial charge >= 0.3 is 0 Å². The van der Waals surface area contributed by atoms with Gasteiger partial charge in [-0.2, -0.15) is 0 Å². The lowest BCUT2D eigenvalue weighted by molar-refractivity contribution is 0.755. The van der Waals surface area contributed by atoms with Crippen LogP contribution in [-0.4, -0.2) is 9.97 Å². The summed E-state index contributed by atoms with van der Waals surface area (Å²) in [6, 6.07) is 5.63. The first kappa shape index (κ1) is 12.9. The predicted molar refractivity (Wildman–Crippen MR) is 76.6 cm³/mol. The van der Waals surface area contributed by atoms with Crippen LogP contribution in [0.1, 0.15) is 28.3 Å². The first-order valence-electron chi connectivity index (χ1n) is 6.13. The smallest absolute Gasteiger partial charge is 0.133 e. The molecule has 0 saturated heterocycles. The van der Waals surface area contributed by atoms with Gasteiger partial charge in [0.25, 0.3) is 0 Å². The molecule has 1 aliphatic rings. The van der Waals surface area contributed by atoms with Crippen molar-refractivity contribution in [2.75, 3.05) is 0 Å². The van der Waals surface area contributed by atoms with Crippen molar-refractivity contribution in [1.82, 2.24) is 15.3 Å². The molecule has 5 heteroatoms. The van der Waals surface area contributed by atoms with E-state index in [0.29, 0.717) is 16.5 Å². The van der Waals surface area contributed by atoms with E-state index in [1.807, 2.05) is 19.1 Å². The Morgan fingerprint density at radius 3 is 2.79 bits per heavy atom. The number of hydrogen-bond acceptors (Lipinski definition) is 3. The number of aryl methyl sites for hydroxylation is 1. The van der Waals surface area contributed by atoms with E-state index in [9.17, 15) is 0 Å². The van der Waals surface area contributed by atoms with Crippen molar-refractivity contribution in [2.24, 2.45) is 0 Å². The van der Waals surface area contributed by atoms with Gasteiger partial charge in [-0.25, -0.2) is 9.97 Å². The van der Waals surface area contributed by atoms with Crippen LogP contribution < -0.4 is 5.32 Å². The summed E-state index contributed by atoms with van der Waals surface area (Å²) >= 11 is 11.9. The van der Waals surface area contributed by atoms with Gasteiger partial charge in [0.2, 0.25) is 0 Å². The van der Waals surface area contributed by atoms with Crippen LogP contribution in [-0.2, 0) is 19.5 Å². The van der Waals surface area contributed by atoms with Crippen LogP contribution in [0.25, 0.3) is 0 Å². The summed E-state index contributed by atoms with van der Waals surface area (Å²) in [5, 5.41) is 4.43. The normalized spacial score (nSPS) is 13.6. The molecule has 98 valence electrons. The molecule has 0 spiro atoms. The number of aromatic nitrogens is 2. The molecule has 19 heavy (non-hydrogen) atoms. The molecular formula is C14H13Cl2N3. The Labute approximate surface area is 122 Å². The molecule has 1 N–H and O–H groups in total. The molecule has 0 saturated carbocycles. The Balaban J connectivity index is 1.91. The number of benzene rings is 1. The van der Waals surface area contributed by atoms with Gasteiger partial charge in [-0.1, -0.05) is 29.3 Å². The average Bonchev–Trinajstić information content (AvgIpc) is 2.82. The first-order valence-corrected chi connectivity index (χ1v) is 6.89. The van der Waals surface area contributed by atoms with E-state index >= 15 is 0 Å². The molecule has 0 fully saturated rings. The minimum Gasteiger partial charge on any atom is -0.307 e. The fraction of sp³-hybridized carbons (Fsp3) is 0.286. The van der Waals surface area contributed by atoms with E-state index in [0.717, 1.165) is 35.9 Å². The highest BCUT2D eigenvalue weighted by Crippen LogP contribution is 2.24. The SMILES string of the molecule is Cc1nc(Cc2ccc(Cl)c(Cl)c2)nc2c1CNC2. The van der Waals surface area contributed by atoms with Gasteiger partial charge in [-0.15, -0.1) is 0 Å².